The summed E-state index contributed by atoms with van der Waals surface area (Å²) in [7, 11) is 1.45. The number of benzene rings is 1. The Kier molecular flexibility index (Phi) is 3.55. The van der Waals surface area contributed by atoms with Crippen LogP contribution in [0.15, 0.2) is 18.2 Å². The molecule has 7 heteroatoms. The molecule has 1 N–H and O–H groups in total. The summed E-state index contributed by atoms with van der Waals surface area (Å²) < 4.78 is 5.03. The summed E-state index contributed by atoms with van der Waals surface area (Å²) in [5, 5.41) is 19.5. The van der Waals surface area contributed by atoms with E-state index in [0.717, 1.165) is 0 Å². The van der Waals surface area contributed by atoms with Gasteiger partial charge in [0.25, 0.3) is 5.69 Å². The third-order valence-corrected chi connectivity index (χ3v) is 3.11. The van der Waals surface area contributed by atoms with E-state index in [1.807, 2.05) is 4.90 Å². The van der Waals surface area contributed by atoms with E-state index in [-0.39, 0.29) is 18.0 Å². The zero-order valence-electron chi connectivity index (χ0n) is 10.4. The van der Waals surface area contributed by atoms with Gasteiger partial charge >= 0.3 is 5.97 Å². The number of carboxylic acid groups (broad SMARTS) is 1. The molecule has 1 aliphatic rings. The van der Waals surface area contributed by atoms with Crippen LogP contribution in [0.1, 0.15) is 6.42 Å². The summed E-state index contributed by atoms with van der Waals surface area (Å²) in [6.45, 7) is 1.19. The predicted molar refractivity (Wildman–Crippen MR) is 67.6 cm³/mol. The average molecular weight is 266 g/mol. The predicted octanol–water partition coefficient (Wildman–Crippen LogP) is 1.51. The standard InChI is InChI=1S/C12H14N2O5/c1-19-11-4-9(3-10(5-11)14(17)18)13-6-8(7-13)2-12(15)16/h3-5,8H,2,6-7H2,1H3,(H,15,16). The molecule has 0 saturated carbocycles. The van der Waals surface area contributed by atoms with Gasteiger partial charge in [-0.1, -0.05) is 0 Å². The van der Waals surface area contributed by atoms with Crippen LogP contribution >= 0.6 is 0 Å². The first-order chi connectivity index (χ1) is 8.99. The van der Waals surface area contributed by atoms with Crippen molar-refractivity contribution < 1.29 is 19.6 Å². The summed E-state index contributed by atoms with van der Waals surface area (Å²) in [5.74, 6) is -0.296. The summed E-state index contributed by atoms with van der Waals surface area (Å²) in [6.07, 6.45) is 0.128. The largest absolute Gasteiger partial charge is 0.496 e. The Bertz CT molecular complexity index is 511. The Morgan fingerprint density at radius 3 is 2.74 bits per heavy atom. The Hall–Kier alpha value is -2.31. The highest BCUT2D eigenvalue weighted by atomic mass is 16.6. The molecule has 0 amide bonds. The number of anilines is 1. The van der Waals surface area contributed by atoms with Gasteiger partial charge in [0.15, 0.2) is 0 Å². The van der Waals surface area contributed by atoms with Crippen molar-refractivity contribution in [3.8, 4) is 5.75 Å². The van der Waals surface area contributed by atoms with E-state index in [2.05, 4.69) is 0 Å². The number of carboxylic acids is 1. The number of nitro benzene ring substituents is 1. The van der Waals surface area contributed by atoms with E-state index in [1.165, 1.54) is 19.2 Å². The van der Waals surface area contributed by atoms with Gasteiger partial charge < -0.3 is 14.7 Å². The number of ether oxygens (including phenoxy) is 1. The van der Waals surface area contributed by atoms with E-state index in [0.29, 0.717) is 24.5 Å². The number of nitrogens with zero attached hydrogens (tertiary/aromatic N) is 2. The van der Waals surface area contributed by atoms with E-state index < -0.39 is 10.9 Å². The Labute approximate surface area is 109 Å². The molecule has 1 saturated heterocycles. The van der Waals surface area contributed by atoms with Crippen LogP contribution in [0.5, 0.6) is 5.75 Å². The lowest BCUT2D eigenvalue weighted by Crippen LogP contribution is -2.47. The smallest absolute Gasteiger partial charge is 0.303 e. The summed E-state index contributed by atoms with van der Waals surface area (Å²) >= 11 is 0. The minimum absolute atomic E-state index is 0.0314. The third kappa shape index (κ3) is 2.93. The maximum atomic E-state index is 10.8. The van der Waals surface area contributed by atoms with Crippen LogP contribution in [0, 0.1) is 16.0 Å². The molecule has 1 heterocycles. The maximum Gasteiger partial charge on any atom is 0.303 e. The van der Waals surface area contributed by atoms with Crippen molar-refractivity contribution >= 4 is 17.3 Å². The molecule has 1 aromatic rings. The molecule has 0 atom stereocenters. The molecule has 0 aromatic heterocycles. The number of hydrogen-bond acceptors (Lipinski definition) is 5. The molecule has 102 valence electrons. The summed E-state index contributed by atoms with van der Waals surface area (Å²) in [5.41, 5.74) is 0.656. The molecule has 0 spiro atoms. The number of methoxy groups -OCH3 is 1. The molecule has 1 fully saturated rings. The highest BCUT2D eigenvalue weighted by Crippen LogP contribution is 2.33. The van der Waals surface area contributed by atoms with Crippen LogP contribution in [0.4, 0.5) is 11.4 Å². The van der Waals surface area contributed by atoms with Crippen LogP contribution in [-0.2, 0) is 4.79 Å². The van der Waals surface area contributed by atoms with Gasteiger partial charge in [0.2, 0.25) is 0 Å². The molecule has 1 aromatic carbocycles. The van der Waals surface area contributed by atoms with Gasteiger partial charge in [0.1, 0.15) is 5.75 Å². The van der Waals surface area contributed by atoms with E-state index in [4.69, 9.17) is 9.84 Å². The van der Waals surface area contributed by atoms with Gasteiger partial charge in [0, 0.05) is 36.8 Å². The van der Waals surface area contributed by atoms with Crippen LogP contribution < -0.4 is 9.64 Å². The molecular formula is C12H14N2O5. The van der Waals surface area contributed by atoms with Gasteiger partial charge in [0.05, 0.1) is 24.5 Å². The molecule has 0 radical (unpaired) electrons. The first kappa shape index (κ1) is 13.1. The van der Waals surface area contributed by atoms with Crippen molar-refractivity contribution in [3.05, 3.63) is 28.3 Å². The molecule has 0 unspecified atom stereocenters. The molecule has 2 rings (SSSR count). The zero-order valence-corrected chi connectivity index (χ0v) is 10.4. The monoisotopic (exact) mass is 266 g/mol. The second-order valence-electron chi connectivity index (χ2n) is 4.52. The Morgan fingerprint density at radius 2 is 2.21 bits per heavy atom. The van der Waals surface area contributed by atoms with Crippen LogP contribution in [0.2, 0.25) is 0 Å². The fraction of sp³-hybridized carbons (Fsp3) is 0.417. The first-order valence-corrected chi connectivity index (χ1v) is 5.80. The van der Waals surface area contributed by atoms with Gasteiger partial charge in [-0.05, 0) is 0 Å². The normalized spacial score (nSPS) is 14.9. The van der Waals surface area contributed by atoms with Crippen LogP contribution in [0.3, 0.4) is 0 Å². The number of aliphatic carboxylic acids is 1. The van der Waals surface area contributed by atoms with Gasteiger partial charge in [-0.2, -0.15) is 0 Å². The topological polar surface area (TPSA) is 92.9 Å². The summed E-state index contributed by atoms with van der Waals surface area (Å²) in [4.78, 5) is 22.8. The van der Waals surface area contributed by atoms with E-state index >= 15 is 0 Å². The van der Waals surface area contributed by atoms with Gasteiger partial charge in [-0.15, -0.1) is 0 Å². The van der Waals surface area contributed by atoms with Crippen molar-refractivity contribution in [2.24, 2.45) is 5.92 Å². The van der Waals surface area contributed by atoms with Crippen LogP contribution in [0.25, 0.3) is 0 Å². The van der Waals surface area contributed by atoms with Gasteiger partial charge in [-0.25, -0.2) is 0 Å². The molecular weight excluding hydrogens is 252 g/mol. The maximum absolute atomic E-state index is 10.8. The van der Waals surface area contributed by atoms with E-state index in [1.54, 1.807) is 6.07 Å². The fourth-order valence-corrected chi connectivity index (χ4v) is 2.13. The zero-order chi connectivity index (χ0) is 14.0. The van der Waals surface area contributed by atoms with Crippen molar-refractivity contribution in [1.82, 2.24) is 0 Å². The lowest BCUT2D eigenvalue weighted by atomic mass is 9.95. The number of hydrogen-bond donors (Lipinski definition) is 1. The molecule has 1 aliphatic heterocycles. The second kappa shape index (κ2) is 5.13. The van der Waals surface area contributed by atoms with Crippen molar-refractivity contribution in [2.75, 3.05) is 25.1 Å². The molecule has 0 bridgehead atoms. The minimum atomic E-state index is -0.818. The van der Waals surface area contributed by atoms with Gasteiger partial charge in [-0.3, -0.25) is 14.9 Å². The number of nitro groups is 1. The molecule has 0 aliphatic carbocycles. The fourth-order valence-electron chi connectivity index (χ4n) is 2.13. The average Bonchev–Trinajstić information content (AvgIpc) is 2.32. The quantitative estimate of drug-likeness (QED) is 0.641. The second-order valence-corrected chi connectivity index (χ2v) is 4.52. The molecule has 7 nitrogen and oxygen atoms in total. The highest BCUT2D eigenvalue weighted by molar-refractivity contribution is 5.68. The lowest BCUT2D eigenvalue weighted by molar-refractivity contribution is -0.384. The van der Waals surface area contributed by atoms with Crippen molar-refractivity contribution in [1.29, 1.82) is 0 Å². The Morgan fingerprint density at radius 1 is 1.53 bits per heavy atom. The lowest BCUT2D eigenvalue weighted by Gasteiger charge is -2.40. The highest BCUT2D eigenvalue weighted by Gasteiger charge is 2.29. The summed E-state index contributed by atoms with van der Waals surface area (Å²) in [6, 6.07) is 4.54. The third-order valence-electron chi connectivity index (χ3n) is 3.11. The minimum Gasteiger partial charge on any atom is -0.496 e. The van der Waals surface area contributed by atoms with Crippen molar-refractivity contribution in [2.45, 2.75) is 6.42 Å². The number of non-ortho nitro benzene ring substituents is 1. The van der Waals surface area contributed by atoms with Crippen LogP contribution in [-0.4, -0.2) is 36.2 Å². The van der Waals surface area contributed by atoms with E-state index in [9.17, 15) is 14.9 Å². The number of carbonyl (C=O) groups is 1. The SMILES string of the molecule is COc1cc(N2CC(CC(=O)O)C2)cc([N+](=O)[O-])c1. The first-order valence-electron chi connectivity index (χ1n) is 5.80. The molecule has 19 heavy (non-hydrogen) atoms. The van der Waals surface area contributed by atoms with Crippen molar-refractivity contribution in [3.63, 3.8) is 0 Å². The Balaban J connectivity index is 2.11. The number of rotatable bonds is 5.